The number of hydrogen-bond acceptors (Lipinski definition) is 4. The maximum Gasteiger partial charge on any atom is 0.335 e. The molecule has 1 aliphatic heterocycles. The number of nitrogens with one attached hydrogen (secondary N) is 1. The molecule has 0 radical (unpaired) electrons. The Kier molecular flexibility index (Phi) is 5.30. The zero-order valence-electron chi connectivity index (χ0n) is 15.0. The van der Waals surface area contributed by atoms with Gasteiger partial charge in [-0.1, -0.05) is 0 Å². The van der Waals surface area contributed by atoms with Crippen molar-refractivity contribution in [3.8, 4) is 11.5 Å². The van der Waals surface area contributed by atoms with Gasteiger partial charge in [0.2, 0.25) is 0 Å². The molecule has 2 N–H and O–H groups in total. The molecule has 3 rings (SSSR count). The molecule has 0 fully saturated rings. The number of benzene rings is 2. The minimum Gasteiger partial charge on any atom is -0.494 e. The number of aromatic carboxylic acids is 1. The first-order valence-electron chi connectivity index (χ1n) is 8.65. The second kappa shape index (κ2) is 7.65. The smallest absolute Gasteiger partial charge is 0.335 e. The summed E-state index contributed by atoms with van der Waals surface area (Å²) >= 11 is 0. The van der Waals surface area contributed by atoms with Crippen LogP contribution in [0.2, 0.25) is 0 Å². The summed E-state index contributed by atoms with van der Waals surface area (Å²) in [6, 6.07) is 6.91. The van der Waals surface area contributed by atoms with Gasteiger partial charge in [0.1, 0.15) is 23.4 Å². The Morgan fingerprint density at radius 1 is 1.33 bits per heavy atom. The number of carboxylic acid groups (broad SMARTS) is 1. The second-order valence-corrected chi connectivity index (χ2v) is 6.32. The largest absolute Gasteiger partial charge is 0.494 e. The summed E-state index contributed by atoms with van der Waals surface area (Å²) in [4.78, 5) is 23.2. The predicted octanol–water partition coefficient (Wildman–Crippen LogP) is 3.18. The molecule has 2 aromatic carbocycles. The number of amides is 1. The lowest BCUT2D eigenvalue weighted by Crippen LogP contribution is -2.24. The summed E-state index contributed by atoms with van der Waals surface area (Å²) in [6.07, 6.45) is 0.879. The van der Waals surface area contributed by atoms with Crippen molar-refractivity contribution in [2.75, 3.05) is 6.61 Å². The molecule has 6 nitrogen and oxygen atoms in total. The van der Waals surface area contributed by atoms with E-state index in [0.717, 1.165) is 35.4 Å². The van der Waals surface area contributed by atoms with Crippen molar-refractivity contribution in [1.82, 2.24) is 5.32 Å². The third-order valence-corrected chi connectivity index (χ3v) is 4.28. The van der Waals surface area contributed by atoms with E-state index in [-0.39, 0.29) is 23.8 Å². The van der Waals surface area contributed by atoms with E-state index in [9.17, 15) is 14.0 Å². The molecule has 0 saturated carbocycles. The van der Waals surface area contributed by atoms with Crippen LogP contribution >= 0.6 is 0 Å². The maximum absolute atomic E-state index is 14.0. The number of hydrogen-bond donors (Lipinski definition) is 2. The summed E-state index contributed by atoms with van der Waals surface area (Å²) in [7, 11) is 0. The van der Waals surface area contributed by atoms with Gasteiger partial charge in [-0.15, -0.1) is 0 Å². The van der Waals surface area contributed by atoms with Gasteiger partial charge in [-0.25, -0.2) is 9.18 Å². The van der Waals surface area contributed by atoms with E-state index in [1.165, 1.54) is 6.07 Å². The van der Waals surface area contributed by atoms with Crippen molar-refractivity contribution in [3.05, 3.63) is 58.4 Å². The molecule has 1 atom stereocenters. The van der Waals surface area contributed by atoms with Gasteiger partial charge in [0, 0.05) is 24.1 Å². The number of carboxylic acids is 1. The van der Waals surface area contributed by atoms with Gasteiger partial charge in [0.15, 0.2) is 0 Å². The quantitative estimate of drug-likeness (QED) is 0.812. The molecule has 0 aromatic heterocycles. The van der Waals surface area contributed by atoms with Gasteiger partial charge in [0.25, 0.3) is 5.91 Å². The van der Waals surface area contributed by atoms with Crippen molar-refractivity contribution in [1.29, 1.82) is 0 Å². The Balaban J connectivity index is 1.77. The highest BCUT2D eigenvalue weighted by Gasteiger charge is 2.22. The standard InChI is InChI=1S/C20H20FNO5/c1-3-26-17-8-13-6-11(2)27-18(13)9-14(17)10-22-19(23)15-5-4-12(20(24)25)7-16(15)21/h4-5,7-9,11H,3,6,10H2,1-2H3,(H,22,23)(H,24,25). The van der Waals surface area contributed by atoms with Gasteiger partial charge in [-0.3, -0.25) is 4.79 Å². The fraction of sp³-hybridized carbons (Fsp3) is 0.300. The van der Waals surface area contributed by atoms with Crippen molar-refractivity contribution in [2.45, 2.75) is 32.9 Å². The van der Waals surface area contributed by atoms with Crippen LogP contribution in [0.1, 0.15) is 45.7 Å². The topological polar surface area (TPSA) is 84.9 Å². The molecule has 7 heteroatoms. The molecule has 1 amide bonds. The zero-order valence-corrected chi connectivity index (χ0v) is 15.0. The van der Waals surface area contributed by atoms with Crippen LogP contribution in [-0.2, 0) is 13.0 Å². The third-order valence-electron chi connectivity index (χ3n) is 4.28. The number of halogens is 1. The number of fused-ring (bicyclic) bond motifs is 1. The lowest BCUT2D eigenvalue weighted by atomic mass is 10.1. The second-order valence-electron chi connectivity index (χ2n) is 6.32. The van der Waals surface area contributed by atoms with Crippen LogP contribution in [0.25, 0.3) is 0 Å². The summed E-state index contributed by atoms with van der Waals surface area (Å²) < 4.78 is 25.4. The van der Waals surface area contributed by atoms with Crippen molar-refractivity contribution < 1.29 is 28.6 Å². The normalized spacial score (nSPS) is 15.0. The Hall–Kier alpha value is -3.09. The van der Waals surface area contributed by atoms with E-state index in [1.807, 2.05) is 26.0 Å². The lowest BCUT2D eigenvalue weighted by molar-refractivity contribution is 0.0695. The fourth-order valence-electron chi connectivity index (χ4n) is 3.01. The van der Waals surface area contributed by atoms with E-state index in [0.29, 0.717) is 12.4 Å². The van der Waals surface area contributed by atoms with Gasteiger partial charge in [-0.05, 0) is 44.2 Å². The van der Waals surface area contributed by atoms with E-state index in [1.54, 1.807) is 0 Å². The van der Waals surface area contributed by atoms with Crippen LogP contribution in [0, 0.1) is 5.82 Å². The average molecular weight is 373 g/mol. The molecule has 0 saturated heterocycles. The molecule has 1 unspecified atom stereocenters. The summed E-state index contributed by atoms with van der Waals surface area (Å²) in [5.41, 5.74) is 1.34. The number of carbonyl (C=O) groups excluding carboxylic acids is 1. The molecule has 1 aliphatic rings. The van der Waals surface area contributed by atoms with Crippen LogP contribution in [0.3, 0.4) is 0 Å². The van der Waals surface area contributed by atoms with E-state index < -0.39 is 17.7 Å². The van der Waals surface area contributed by atoms with Crippen LogP contribution < -0.4 is 14.8 Å². The summed E-state index contributed by atoms with van der Waals surface area (Å²) in [5, 5.41) is 11.5. The first kappa shape index (κ1) is 18.7. The van der Waals surface area contributed by atoms with Crippen LogP contribution in [0.4, 0.5) is 4.39 Å². The molecular formula is C20H20FNO5. The van der Waals surface area contributed by atoms with Crippen LogP contribution in [0.15, 0.2) is 30.3 Å². The average Bonchev–Trinajstić information content (AvgIpc) is 2.98. The minimum atomic E-state index is -1.26. The summed E-state index contributed by atoms with van der Waals surface area (Å²) in [5.74, 6) is -1.37. The van der Waals surface area contributed by atoms with E-state index in [2.05, 4.69) is 5.32 Å². The fourth-order valence-corrected chi connectivity index (χ4v) is 3.01. The van der Waals surface area contributed by atoms with Crippen LogP contribution in [0.5, 0.6) is 11.5 Å². The summed E-state index contributed by atoms with van der Waals surface area (Å²) in [6.45, 7) is 4.44. The lowest BCUT2D eigenvalue weighted by Gasteiger charge is -2.13. The first-order chi connectivity index (χ1) is 12.9. The van der Waals surface area contributed by atoms with Gasteiger partial charge in [0.05, 0.1) is 17.7 Å². The number of ether oxygens (including phenoxy) is 2. The SMILES string of the molecule is CCOc1cc2c(cc1CNC(=O)c1ccc(C(=O)O)cc1F)OC(C)C2. The molecule has 0 spiro atoms. The highest BCUT2D eigenvalue weighted by molar-refractivity contribution is 5.96. The zero-order chi connectivity index (χ0) is 19.6. The molecule has 1 heterocycles. The highest BCUT2D eigenvalue weighted by atomic mass is 19.1. The van der Waals surface area contributed by atoms with Gasteiger partial charge >= 0.3 is 5.97 Å². The highest BCUT2D eigenvalue weighted by Crippen LogP contribution is 2.35. The number of rotatable bonds is 6. The molecule has 2 aromatic rings. The van der Waals surface area contributed by atoms with Crippen molar-refractivity contribution in [2.24, 2.45) is 0 Å². The van der Waals surface area contributed by atoms with E-state index in [4.69, 9.17) is 14.6 Å². The Bertz CT molecular complexity index is 896. The maximum atomic E-state index is 14.0. The van der Waals surface area contributed by atoms with Crippen molar-refractivity contribution in [3.63, 3.8) is 0 Å². The Morgan fingerprint density at radius 2 is 2.11 bits per heavy atom. The monoisotopic (exact) mass is 373 g/mol. The number of carbonyl (C=O) groups is 2. The van der Waals surface area contributed by atoms with Crippen LogP contribution in [-0.4, -0.2) is 29.7 Å². The predicted molar refractivity (Wildman–Crippen MR) is 95.9 cm³/mol. The van der Waals surface area contributed by atoms with Gasteiger partial charge < -0.3 is 19.9 Å². The molecule has 0 aliphatic carbocycles. The third kappa shape index (κ3) is 4.02. The molecule has 142 valence electrons. The van der Waals surface area contributed by atoms with Crippen molar-refractivity contribution >= 4 is 11.9 Å². The Morgan fingerprint density at radius 3 is 2.78 bits per heavy atom. The van der Waals surface area contributed by atoms with E-state index >= 15 is 0 Å². The van der Waals surface area contributed by atoms with Gasteiger partial charge in [-0.2, -0.15) is 0 Å². The first-order valence-corrected chi connectivity index (χ1v) is 8.65. The Labute approximate surface area is 155 Å². The molecule has 27 heavy (non-hydrogen) atoms. The minimum absolute atomic E-state index is 0.0844. The molecule has 0 bridgehead atoms. The molecular weight excluding hydrogens is 353 g/mol.